The van der Waals surface area contributed by atoms with Crippen LogP contribution in [0.25, 0.3) is 0 Å². The molecule has 0 fully saturated rings. The van der Waals surface area contributed by atoms with Gasteiger partial charge in [-0.2, -0.15) is 18.3 Å². The summed E-state index contributed by atoms with van der Waals surface area (Å²) in [4.78, 5) is 9.07. The van der Waals surface area contributed by atoms with E-state index < -0.39 is 22.5 Å². The first-order valence-corrected chi connectivity index (χ1v) is 3.87. The zero-order valence-electron chi connectivity index (χ0n) is 5.72. The molecule has 0 aromatic carbocycles. The summed E-state index contributed by atoms with van der Waals surface area (Å²) in [5, 5.41) is 14.9. The maximum absolute atomic E-state index is 12.0. The van der Waals surface area contributed by atoms with Gasteiger partial charge in [0.05, 0.1) is 4.92 Å². The summed E-state index contributed by atoms with van der Waals surface area (Å²) in [6.07, 6.45) is -4.78. The Bertz CT molecular complexity index is 347. The minimum absolute atomic E-state index is 0.310. The molecule has 13 heavy (non-hydrogen) atoms. The van der Waals surface area contributed by atoms with Gasteiger partial charge in [-0.25, -0.2) is 0 Å². The lowest BCUT2D eigenvalue weighted by Crippen LogP contribution is -2.08. The van der Waals surface area contributed by atoms with Crippen molar-refractivity contribution in [3.63, 3.8) is 0 Å². The van der Waals surface area contributed by atoms with Gasteiger partial charge in [0.25, 0.3) is 0 Å². The van der Waals surface area contributed by atoms with E-state index >= 15 is 0 Å². The predicted molar refractivity (Wildman–Crippen MR) is 43.0 cm³/mol. The molecule has 0 radical (unpaired) electrons. The number of hydrogen-bond donors (Lipinski definition) is 1. The van der Waals surface area contributed by atoms with E-state index in [1.807, 2.05) is 0 Å². The second-order valence-electron chi connectivity index (χ2n) is 1.99. The van der Waals surface area contributed by atoms with E-state index in [1.165, 1.54) is 22.6 Å². The molecule has 0 bridgehead atoms. The summed E-state index contributed by atoms with van der Waals surface area (Å²) in [5.41, 5.74) is -2.46. The minimum atomic E-state index is -4.78. The van der Waals surface area contributed by atoms with Gasteiger partial charge >= 0.3 is 11.9 Å². The molecule has 1 aromatic heterocycles. The third kappa shape index (κ3) is 1.89. The Kier molecular flexibility index (Phi) is 2.45. The Morgan fingerprint density at radius 2 is 2.08 bits per heavy atom. The standard InChI is InChI=1S/C4HF3IN3O2/c5-4(6,7)2-1(11(12)13)3(8)10-9-2/h(H,9,10). The topological polar surface area (TPSA) is 71.8 Å². The van der Waals surface area contributed by atoms with Gasteiger partial charge in [0.15, 0.2) is 0 Å². The molecule has 0 aliphatic carbocycles. The highest BCUT2D eigenvalue weighted by atomic mass is 127. The van der Waals surface area contributed by atoms with Crippen LogP contribution < -0.4 is 0 Å². The summed E-state index contributed by atoms with van der Waals surface area (Å²) in [7, 11) is 0. The van der Waals surface area contributed by atoms with Crippen molar-refractivity contribution in [2.75, 3.05) is 0 Å². The van der Waals surface area contributed by atoms with E-state index in [9.17, 15) is 23.3 Å². The number of H-pyrrole nitrogens is 1. The molecule has 1 heterocycles. The molecule has 9 heteroatoms. The molecule has 5 nitrogen and oxygen atoms in total. The van der Waals surface area contributed by atoms with Crippen LogP contribution in [0, 0.1) is 13.8 Å². The normalized spacial score (nSPS) is 11.7. The molecule has 0 atom stereocenters. The van der Waals surface area contributed by atoms with Crippen molar-refractivity contribution >= 4 is 28.3 Å². The smallest absolute Gasteiger partial charge is 0.267 e. The molecule has 0 saturated heterocycles. The van der Waals surface area contributed by atoms with E-state index in [0.717, 1.165) is 0 Å². The van der Waals surface area contributed by atoms with Crippen molar-refractivity contribution in [3.8, 4) is 0 Å². The van der Waals surface area contributed by atoms with Gasteiger partial charge in [-0.1, -0.05) is 0 Å². The number of halogens is 4. The maximum atomic E-state index is 12.0. The second-order valence-corrected chi connectivity index (χ2v) is 3.01. The monoisotopic (exact) mass is 307 g/mol. The zero-order chi connectivity index (χ0) is 10.2. The molecule has 0 aliphatic heterocycles. The zero-order valence-corrected chi connectivity index (χ0v) is 7.88. The number of aromatic nitrogens is 2. The number of alkyl halides is 3. The van der Waals surface area contributed by atoms with Crippen molar-refractivity contribution < 1.29 is 18.1 Å². The fourth-order valence-electron chi connectivity index (χ4n) is 0.678. The lowest BCUT2D eigenvalue weighted by Gasteiger charge is -2.00. The van der Waals surface area contributed by atoms with Gasteiger partial charge in [0.2, 0.25) is 9.39 Å². The molecule has 1 rings (SSSR count). The van der Waals surface area contributed by atoms with E-state index in [4.69, 9.17) is 0 Å². The Hall–Kier alpha value is -0.870. The molecule has 0 spiro atoms. The number of nitro groups is 1. The lowest BCUT2D eigenvalue weighted by atomic mass is 10.4. The van der Waals surface area contributed by atoms with Crippen LogP contribution in [0.1, 0.15) is 5.69 Å². The molecule has 0 saturated carbocycles. The van der Waals surface area contributed by atoms with Crippen molar-refractivity contribution in [2.24, 2.45) is 0 Å². The van der Waals surface area contributed by atoms with Gasteiger partial charge in [-0.3, -0.25) is 15.2 Å². The van der Waals surface area contributed by atoms with Gasteiger partial charge in [-0.05, 0) is 22.6 Å². The van der Waals surface area contributed by atoms with Gasteiger partial charge in [-0.15, -0.1) is 0 Å². The van der Waals surface area contributed by atoms with Crippen LogP contribution in [-0.4, -0.2) is 15.1 Å². The minimum Gasteiger partial charge on any atom is -0.267 e. The molecule has 0 amide bonds. The van der Waals surface area contributed by atoms with Gasteiger partial charge in [0.1, 0.15) is 0 Å². The first kappa shape index (κ1) is 10.2. The molecular weight excluding hydrogens is 306 g/mol. The highest BCUT2D eigenvalue weighted by Crippen LogP contribution is 2.36. The van der Waals surface area contributed by atoms with Crippen molar-refractivity contribution in [2.45, 2.75) is 6.18 Å². The van der Waals surface area contributed by atoms with Crippen LogP contribution in [0.5, 0.6) is 0 Å². The third-order valence-electron chi connectivity index (χ3n) is 1.16. The fourth-order valence-corrected chi connectivity index (χ4v) is 1.27. The highest BCUT2D eigenvalue weighted by molar-refractivity contribution is 14.1. The molecule has 0 unspecified atom stereocenters. The summed E-state index contributed by atoms with van der Waals surface area (Å²) in [5.74, 6) is 0. The first-order valence-electron chi connectivity index (χ1n) is 2.79. The molecule has 1 aromatic rings. The van der Waals surface area contributed by atoms with Crippen LogP contribution in [0.3, 0.4) is 0 Å². The van der Waals surface area contributed by atoms with Crippen LogP contribution >= 0.6 is 22.6 Å². The van der Waals surface area contributed by atoms with Crippen molar-refractivity contribution in [1.29, 1.82) is 0 Å². The molecule has 1 N–H and O–H groups in total. The van der Waals surface area contributed by atoms with Gasteiger partial charge in [0, 0.05) is 0 Å². The second kappa shape index (κ2) is 3.12. The van der Waals surface area contributed by atoms with E-state index in [-0.39, 0.29) is 3.70 Å². The van der Waals surface area contributed by atoms with Crippen LogP contribution in [0.2, 0.25) is 0 Å². The lowest BCUT2D eigenvalue weighted by molar-refractivity contribution is -0.389. The summed E-state index contributed by atoms with van der Waals surface area (Å²) < 4.78 is 35.8. The summed E-state index contributed by atoms with van der Waals surface area (Å²) in [6, 6.07) is 0. The van der Waals surface area contributed by atoms with Crippen LogP contribution in [-0.2, 0) is 6.18 Å². The summed E-state index contributed by atoms with van der Waals surface area (Å²) in [6.45, 7) is 0. The maximum Gasteiger partial charge on any atom is 0.439 e. The van der Waals surface area contributed by atoms with Gasteiger partial charge < -0.3 is 0 Å². The SMILES string of the molecule is O=[N+]([O-])c1c(I)n[nH]c1C(F)(F)F. The first-order chi connectivity index (χ1) is 5.84. The van der Waals surface area contributed by atoms with Crippen LogP contribution in [0.15, 0.2) is 0 Å². The Morgan fingerprint density at radius 3 is 2.38 bits per heavy atom. The fraction of sp³-hybridized carbons (Fsp3) is 0.250. The number of nitrogens with zero attached hydrogens (tertiary/aromatic N) is 2. The molecule has 72 valence electrons. The molecular formula is C4HF3IN3O2. The van der Waals surface area contributed by atoms with Crippen molar-refractivity contribution in [1.82, 2.24) is 10.2 Å². The average molecular weight is 307 g/mol. The molecule has 0 aliphatic rings. The van der Waals surface area contributed by atoms with E-state index in [1.54, 1.807) is 5.10 Å². The van der Waals surface area contributed by atoms with E-state index in [2.05, 4.69) is 5.10 Å². The number of nitrogens with one attached hydrogen (secondary N) is 1. The van der Waals surface area contributed by atoms with Crippen molar-refractivity contribution in [3.05, 3.63) is 19.5 Å². The third-order valence-corrected chi connectivity index (χ3v) is 1.92. The predicted octanol–water partition coefficient (Wildman–Crippen LogP) is 1.94. The largest absolute Gasteiger partial charge is 0.439 e. The van der Waals surface area contributed by atoms with Crippen LogP contribution in [0.4, 0.5) is 18.9 Å². The number of aromatic amines is 1. The highest BCUT2D eigenvalue weighted by Gasteiger charge is 2.42. The number of rotatable bonds is 1. The van der Waals surface area contributed by atoms with E-state index in [0.29, 0.717) is 0 Å². The Morgan fingerprint density at radius 1 is 1.54 bits per heavy atom. The Balaban J connectivity index is 3.31. The quantitative estimate of drug-likeness (QED) is 0.489. The Labute approximate surface area is 82.6 Å². The average Bonchev–Trinajstić information content (AvgIpc) is 2.28. The summed E-state index contributed by atoms with van der Waals surface area (Å²) >= 11 is 1.35. The number of hydrogen-bond acceptors (Lipinski definition) is 3.